The molecule has 0 saturated carbocycles. The number of carbonyl (C=O) groups is 1. The lowest BCUT2D eigenvalue weighted by molar-refractivity contribution is -0.141. The van der Waals surface area contributed by atoms with E-state index in [-0.39, 0.29) is 6.29 Å². The van der Waals surface area contributed by atoms with Gasteiger partial charge in [-0.3, -0.25) is 4.79 Å². The molecule has 0 unspecified atom stereocenters. The predicted octanol–water partition coefficient (Wildman–Crippen LogP) is 3.31. The monoisotopic (exact) mass is 366 g/mol. The number of halogens is 4. The number of aldehydes is 1. The van der Waals surface area contributed by atoms with Crippen molar-refractivity contribution < 1.29 is 18.0 Å². The Morgan fingerprint density at radius 1 is 1.33 bits per heavy atom. The fourth-order valence-electron chi connectivity index (χ4n) is 1.44. The molecular weight excluding hydrogens is 360 g/mol. The molecule has 18 heavy (non-hydrogen) atoms. The van der Waals surface area contributed by atoms with E-state index in [1.54, 1.807) is 24.3 Å². The van der Waals surface area contributed by atoms with Crippen molar-refractivity contribution in [2.24, 2.45) is 0 Å². The second-order valence-corrected chi connectivity index (χ2v) is 4.72. The topological polar surface area (TPSA) is 34.9 Å². The van der Waals surface area contributed by atoms with Gasteiger partial charge in [-0.2, -0.15) is 18.3 Å². The molecule has 0 aliphatic rings. The third kappa shape index (κ3) is 2.55. The zero-order valence-corrected chi connectivity index (χ0v) is 10.9. The van der Waals surface area contributed by atoms with Crippen molar-refractivity contribution in [3.8, 4) is 5.69 Å². The molecule has 0 bridgehead atoms. The molecule has 3 nitrogen and oxygen atoms in total. The van der Waals surface area contributed by atoms with E-state index in [2.05, 4.69) is 5.10 Å². The molecule has 7 heteroatoms. The molecule has 0 aliphatic carbocycles. The van der Waals surface area contributed by atoms with E-state index in [9.17, 15) is 18.0 Å². The minimum Gasteiger partial charge on any atom is -0.298 e. The number of alkyl halides is 3. The highest BCUT2D eigenvalue weighted by molar-refractivity contribution is 14.1. The summed E-state index contributed by atoms with van der Waals surface area (Å²) < 4.78 is 39.7. The lowest BCUT2D eigenvalue weighted by Crippen LogP contribution is -2.09. The average Bonchev–Trinajstić information content (AvgIpc) is 2.72. The summed E-state index contributed by atoms with van der Waals surface area (Å²) in [5.41, 5.74) is -1.17. The quantitative estimate of drug-likeness (QED) is 0.604. The zero-order chi connectivity index (χ0) is 13.3. The van der Waals surface area contributed by atoms with Crippen LogP contribution in [0.15, 0.2) is 30.5 Å². The smallest absolute Gasteiger partial charge is 0.298 e. The van der Waals surface area contributed by atoms with Crippen molar-refractivity contribution >= 4 is 28.9 Å². The molecule has 1 aromatic heterocycles. The number of nitrogens with zero attached hydrogens (tertiary/aromatic N) is 2. The van der Waals surface area contributed by atoms with Crippen LogP contribution in [0.1, 0.15) is 16.1 Å². The first-order valence-electron chi connectivity index (χ1n) is 4.80. The van der Waals surface area contributed by atoms with Gasteiger partial charge in [-0.15, -0.1) is 0 Å². The standard InChI is InChI=1S/C11H6F3IN2O/c12-11(13,14)10-7(6-18)5-17(16-10)9-3-1-2-8(15)4-9/h1-6H. The molecule has 0 aliphatic heterocycles. The summed E-state index contributed by atoms with van der Waals surface area (Å²) in [5.74, 6) is 0. The van der Waals surface area contributed by atoms with Crippen molar-refractivity contribution in [1.29, 1.82) is 0 Å². The van der Waals surface area contributed by atoms with E-state index in [0.29, 0.717) is 5.69 Å². The van der Waals surface area contributed by atoms with Gasteiger partial charge in [-0.25, -0.2) is 4.68 Å². The third-order valence-electron chi connectivity index (χ3n) is 2.21. The van der Waals surface area contributed by atoms with Crippen LogP contribution in [0.4, 0.5) is 13.2 Å². The predicted molar refractivity (Wildman–Crippen MR) is 66.7 cm³/mol. The summed E-state index contributed by atoms with van der Waals surface area (Å²) >= 11 is 2.04. The van der Waals surface area contributed by atoms with Gasteiger partial charge >= 0.3 is 6.18 Å². The van der Waals surface area contributed by atoms with Crippen LogP contribution in [-0.2, 0) is 6.18 Å². The summed E-state index contributed by atoms with van der Waals surface area (Å²) in [6.45, 7) is 0. The second kappa shape index (κ2) is 4.71. The number of rotatable bonds is 2. The fraction of sp³-hybridized carbons (Fsp3) is 0.0909. The van der Waals surface area contributed by atoms with Gasteiger partial charge in [0.25, 0.3) is 0 Å². The first-order valence-corrected chi connectivity index (χ1v) is 5.87. The van der Waals surface area contributed by atoms with Gasteiger partial charge in [-0.05, 0) is 40.8 Å². The first-order chi connectivity index (χ1) is 8.41. The molecule has 0 fully saturated rings. The Hall–Kier alpha value is -1.38. The van der Waals surface area contributed by atoms with E-state index in [1.807, 2.05) is 22.6 Å². The van der Waals surface area contributed by atoms with Crippen molar-refractivity contribution in [2.45, 2.75) is 6.18 Å². The highest BCUT2D eigenvalue weighted by Gasteiger charge is 2.37. The molecule has 0 spiro atoms. The van der Waals surface area contributed by atoms with Gasteiger partial charge in [0.05, 0.1) is 11.3 Å². The molecule has 1 heterocycles. The highest BCUT2D eigenvalue weighted by atomic mass is 127. The molecule has 0 saturated heterocycles. The van der Waals surface area contributed by atoms with E-state index in [0.717, 1.165) is 14.4 Å². The average molecular weight is 366 g/mol. The Balaban J connectivity index is 2.54. The van der Waals surface area contributed by atoms with E-state index in [1.165, 1.54) is 0 Å². The van der Waals surface area contributed by atoms with Crippen molar-refractivity contribution in [3.05, 3.63) is 45.3 Å². The van der Waals surface area contributed by atoms with Crippen molar-refractivity contribution in [1.82, 2.24) is 9.78 Å². The van der Waals surface area contributed by atoms with E-state index < -0.39 is 17.4 Å². The maximum Gasteiger partial charge on any atom is 0.435 e. The molecule has 2 rings (SSSR count). The minimum absolute atomic E-state index is 0.153. The van der Waals surface area contributed by atoms with Gasteiger partial charge in [0, 0.05) is 9.77 Å². The molecule has 94 valence electrons. The van der Waals surface area contributed by atoms with Crippen LogP contribution in [-0.4, -0.2) is 16.1 Å². The fourth-order valence-corrected chi connectivity index (χ4v) is 1.97. The first kappa shape index (κ1) is 13.1. The van der Waals surface area contributed by atoms with Crippen LogP contribution in [0.5, 0.6) is 0 Å². The number of hydrogen-bond acceptors (Lipinski definition) is 2. The van der Waals surface area contributed by atoms with E-state index in [4.69, 9.17) is 0 Å². The van der Waals surface area contributed by atoms with Crippen LogP contribution in [0.25, 0.3) is 5.69 Å². The maximum absolute atomic E-state index is 12.6. The van der Waals surface area contributed by atoms with Gasteiger partial charge in [0.1, 0.15) is 0 Å². The van der Waals surface area contributed by atoms with Gasteiger partial charge in [0.15, 0.2) is 12.0 Å². The van der Waals surface area contributed by atoms with Gasteiger partial charge in [-0.1, -0.05) is 6.07 Å². The normalized spacial score (nSPS) is 11.6. The molecule has 2 aromatic rings. The molecular formula is C11H6F3IN2O. The van der Waals surface area contributed by atoms with Crippen LogP contribution in [0.3, 0.4) is 0 Å². The summed E-state index contributed by atoms with van der Waals surface area (Å²) in [4.78, 5) is 10.6. The zero-order valence-electron chi connectivity index (χ0n) is 8.78. The van der Waals surface area contributed by atoms with Gasteiger partial charge in [0.2, 0.25) is 0 Å². The Bertz CT molecular complexity index is 592. The summed E-state index contributed by atoms with van der Waals surface area (Å²) in [6.07, 6.45) is -3.41. The van der Waals surface area contributed by atoms with Crippen LogP contribution >= 0.6 is 22.6 Å². The Morgan fingerprint density at radius 2 is 2.06 bits per heavy atom. The number of aromatic nitrogens is 2. The number of carbonyl (C=O) groups excluding carboxylic acids is 1. The Labute approximate surface area is 114 Å². The molecule has 0 atom stereocenters. The second-order valence-electron chi connectivity index (χ2n) is 3.47. The number of hydrogen-bond donors (Lipinski definition) is 0. The maximum atomic E-state index is 12.6. The van der Waals surface area contributed by atoms with Gasteiger partial charge < -0.3 is 0 Å². The van der Waals surface area contributed by atoms with Crippen LogP contribution in [0.2, 0.25) is 0 Å². The number of benzene rings is 1. The highest BCUT2D eigenvalue weighted by Crippen LogP contribution is 2.30. The summed E-state index contributed by atoms with van der Waals surface area (Å²) in [6, 6.07) is 6.79. The lowest BCUT2D eigenvalue weighted by Gasteiger charge is -2.03. The van der Waals surface area contributed by atoms with Crippen molar-refractivity contribution in [3.63, 3.8) is 0 Å². The van der Waals surface area contributed by atoms with Crippen molar-refractivity contribution in [2.75, 3.05) is 0 Å². The lowest BCUT2D eigenvalue weighted by atomic mass is 10.2. The van der Waals surface area contributed by atoms with Crippen LogP contribution < -0.4 is 0 Å². The van der Waals surface area contributed by atoms with E-state index >= 15 is 0 Å². The molecule has 0 radical (unpaired) electrons. The largest absolute Gasteiger partial charge is 0.435 e. The van der Waals surface area contributed by atoms with Crippen LogP contribution in [0, 0.1) is 3.57 Å². The Kier molecular flexibility index (Phi) is 3.42. The molecule has 1 aromatic carbocycles. The minimum atomic E-state index is -4.64. The summed E-state index contributed by atoms with van der Waals surface area (Å²) in [7, 11) is 0. The summed E-state index contributed by atoms with van der Waals surface area (Å²) in [5, 5.41) is 3.42. The third-order valence-corrected chi connectivity index (χ3v) is 2.88. The Morgan fingerprint density at radius 3 is 2.56 bits per heavy atom. The molecule has 0 N–H and O–H groups in total. The SMILES string of the molecule is O=Cc1cn(-c2cccc(I)c2)nc1C(F)(F)F. The molecule has 0 amide bonds.